The zero-order chi connectivity index (χ0) is 17.3. The van der Waals surface area contributed by atoms with Gasteiger partial charge < -0.3 is 14.9 Å². The van der Waals surface area contributed by atoms with Gasteiger partial charge in [-0.3, -0.25) is 9.59 Å². The van der Waals surface area contributed by atoms with E-state index in [4.69, 9.17) is 4.52 Å². The molecule has 3 rings (SSSR count). The van der Waals surface area contributed by atoms with Crippen molar-refractivity contribution in [3.05, 3.63) is 23.0 Å². The van der Waals surface area contributed by atoms with Crippen LogP contribution in [0.25, 0.3) is 11.1 Å². The zero-order valence-corrected chi connectivity index (χ0v) is 13.8. The lowest BCUT2D eigenvalue weighted by atomic mass is 9.94. The van der Waals surface area contributed by atoms with Crippen molar-refractivity contribution >= 4 is 23.0 Å². The van der Waals surface area contributed by atoms with Gasteiger partial charge in [0.1, 0.15) is 0 Å². The van der Waals surface area contributed by atoms with E-state index in [0.29, 0.717) is 40.9 Å². The van der Waals surface area contributed by atoms with Gasteiger partial charge in [0, 0.05) is 11.7 Å². The molecular formula is C17H21N3O4. The molecule has 7 heteroatoms. The molecule has 128 valence electrons. The minimum atomic E-state index is -0.848. The van der Waals surface area contributed by atoms with Crippen LogP contribution in [0, 0.1) is 19.8 Å². The van der Waals surface area contributed by atoms with E-state index in [2.05, 4.69) is 15.5 Å². The van der Waals surface area contributed by atoms with Crippen molar-refractivity contribution in [3.63, 3.8) is 0 Å². The molecule has 0 unspecified atom stereocenters. The lowest BCUT2D eigenvalue weighted by Gasteiger charge is -2.23. The zero-order valence-electron chi connectivity index (χ0n) is 13.8. The molecule has 0 spiro atoms. The Morgan fingerprint density at radius 3 is 2.75 bits per heavy atom. The van der Waals surface area contributed by atoms with Gasteiger partial charge in [0.15, 0.2) is 0 Å². The van der Waals surface area contributed by atoms with Gasteiger partial charge in [0.05, 0.1) is 22.6 Å². The van der Waals surface area contributed by atoms with Crippen molar-refractivity contribution in [2.75, 3.05) is 0 Å². The lowest BCUT2D eigenvalue weighted by Crippen LogP contribution is -2.43. The number of rotatable bonds is 3. The third-order valence-electron chi connectivity index (χ3n) is 4.64. The first-order valence-corrected chi connectivity index (χ1v) is 8.24. The van der Waals surface area contributed by atoms with Crippen molar-refractivity contribution < 1.29 is 19.2 Å². The van der Waals surface area contributed by atoms with Crippen LogP contribution in [0.15, 0.2) is 10.6 Å². The molecule has 0 aromatic carbocycles. The van der Waals surface area contributed by atoms with Crippen molar-refractivity contribution in [1.82, 2.24) is 15.5 Å². The Hall–Kier alpha value is -2.44. The third kappa shape index (κ3) is 3.11. The van der Waals surface area contributed by atoms with Gasteiger partial charge in [-0.1, -0.05) is 24.4 Å². The summed E-state index contributed by atoms with van der Waals surface area (Å²) in [6.07, 6.45) is 4.08. The van der Waals surface area contributed by atoms with E-state index in [1.807, 2.05) is 0 Å². The molecule has 2 heterocycles. The predicted octanol–water partition coefficient (Wildman–Crippen LogP) is 2.60. The molecule has 2 aromatic rings. The number of carbonyl (C=O) groups is 2. The minimum absolute atomic E-state index is 0.296. The lowest BCUT2D eigenvalue weighted by molar-refractivity contribution is -0.142. The number of carboxylic acids is 1. The molecule has 24 heavy (non-hydrogen) atoms. The molecule has 0 bridgehead atoms. The van der Waals surface area contributed by atoms with E-state index >= 15 is 0 Å². The average molecular weight is 331 g/mol. The summed E-state index contributed by atoms with van der Waals surface area (Å²) in [5.41, 5.74) is 2.01. The van der Waals surface area contributed by atoms with Crippen LogP contribution in [0.1, 0.15) is 53.8 Å². The molecular weight excluding hydrogens is 310 g/mol. The summed E-state index contributed by atoms with van der Waals surface area (Å²) in [4.78, 5) is 28.6. The summed E-state index contributed by atoms with van der Waals surface area (Å²) in [5.74, 6) is -1.69. The number of hydrogen-bond donors (Lipinski definition) is 2. The summed E-state index contributed by atoms with van der Waals surface area (Å²) in [6.45, 7) is 3.53. The molecule has 0 aliphatic heterocycles. The normalized spacial score (nSPS) is 21.4. The van der Waals surface area contributed by atoms with Crippen LogP contribution in [0.4, 0.5) is 0 Å². The van der Waals surface area contributed by atoms with Crippen LogP contribution in [-0.4, -0.2) is 33.2 Å². The number of fused-ring (bicyclic) bond motifs is 1. The summed E-state index contributed by atoms with van der Waals surface area (Å²) >= 11 is 0. The number of nitrogens with zero attached hydrogens (tertiary/aromatic N) is 2. The van der Waals surface area contributed by atoms with Gasteiger partial charge >= 0.3 is 5.97 Å². The van der Waals surface area contributed by atoms with E-state index < -0.39 is 11.9 Å². The maximum atomic E-state index is 12.8. The first-order chi connectivity index (χ1) is 11.5. The van der Waals surface area contributed by atoms with Crippen LogP contribution in [0.3, 0.4) is 0 Å². The molecule has 7 nitrogen and oxygen atoms in total. The van der Waals surface area contributed by atoms with E-state index in [0.717, 1.165) is 19.3 Å². The second kappa shape index (κ2) is 6.59. The van der Waals surface area contributed by atoms with E-state index in [-0.39, 0.29) is 11.9 Å². The fourth-order valence-electron chi connectivity index (χ4n) is 3.42. The van der Waals surface area contributed by atoms with Gasteiger partial charge in [-0.05, 0) is 32.8 Å². The standard InChI is InChI=1S/C17H21N3O4/c1-9-8-12(14-10(2)20-24-16(14)18-9)15(21)19-13-7-5-3-4-6-11(13)17(22)23/h8,11,13H,3-7H2,1-2H3,(H,19,21)(H,22,23)/t11-,13+/m1/s1. The molecule has 1 aliphatic carbocycles. The molecule has 1 fully saturated rings. The third-order valence-corrected chi connectivity index (χ3v) is 4.64. The summed E-state index contributed by atoms with van der Waals surface area (Å²) < 4.78 is 5.15. The van der Waals surface area contributed by atoms with Gasteiger partial charge in [-0.2, -0.15) is 0 Å². The quantitative estimate of drug-likeness (QED) is 0.838. The van der Waals surface area contributed by atoms with E-state index in [9.17, 15) is 14.7 Å². The molecule has 2 N–H and O–H groups in total. The average Bonchev–Trinajstić information content (AvgIpc) is 2.75. The molecule has 2 atom stereocenters. The molecule has 0 radical (unpaired) electrons. The number of aromatic nitrogens is 2. The number of carboxylic acid groups (broad SMARTS) is 1. The Balaban J connectivity index is 1.91. The first kappa shape index (κ1) is 16.4. The summed E-state index contributed by atoms with van der Waals surface area (Å²) in [7, 11) is 0. The number of hydrogen-bond acceptors (Lipinski definition) is 5. The molecule has 2 aromatic heterocycles. The fourth-order valence-corrected chi connectivity index (χ4v) is 3.42. The Kier molecular flexibility index (Phi) is 4.51. The van der Waals surface area contributed by atoms with Crippen molar-refractivity contribution in [1.29, 1.82) is 0 Å². The second-order valence-corrected chi connectivity index (χ2v) is 6.42. The molecule has 0 saturated heterocycles. The molecule has 1 aliphatic rings. The summed E-state index contributed by atoms with van der Waals surface area (Å²) in [5, 5.41) is 16.8. The van der Waals surface area contributed by atoms with Crippen LogP contribution < -0.4 is 5.32 Å². The highest BCUT2D eigenvalue weighted by atomic mass is 16.5. The van der Waals surface area contributed by atoms with Gasteiger partial charge in [-0.25, -0.2) is 4.98 Å². The van der Waals surface area contributed by atoms with Gasteiger partial charge in [0.25, 0.3) is 11.6 Å². The Morgan fingerprint density at radius 1 is 1.25 bits per heavy atom. The predicted molar refractivity (Wildman–Crippen MR) is 86.7 cm³/mol. The van der Waals surface area contributed by atoms with Crippen LogP contribution in [-0.2, 0) is 4.79 Å². The van der Waals surface area contributed by atoms with Crippen molar-refractivity contribution in [2.24, 2.45) is 5.92 Å². The maximum Gasteiger partial charge on any atom is 0.308 e. The second-order valence-electron chi connectivity index (χ2n) is 6.42. The number of pyridine rings is 1. The van der Waals surface area contributed by atoms with Crippen LogP contribution in [0.5, 0.6) is 0 Å². The monoisotopic (exact) mass is 331 g/mol. The highest BCUT2D eigenvalue weighted by Gasteiger charge is 2.31. The molecule has 1 saturated carbocycles. The van der Waals surface area contributed by atoms with Gasteiger partial charge in [0.2, 0.25) is 0 Å². The SMILES string of the molecule is Cc1cc(C(=O)N[C@H]2CCCCC[C@H]2C(=O)O)c2c(C)noc2n1. The highest BCUT2D eigenvalue weighted by Crippen LogP contribution is 2.26. The highest BCUT2D eigenvalue weighted by molar-refractivity contribution is 6.06. The van der Waals surface area contributed by atoms with Crippen molar-refractivity contribution in [3.8, 4) is 0 Å². The van der Waals surface area contributed by atoms with Crippen LogP contribution in [0.2, 0.25) is 0 Å². The Labute approximate surface area is 139 Å². The topological polar surface area (TPSA) is 105 Å². The number of aliphatic carboxylic acids is 1. The van der Waals surface area contributed by atoms with Crippen LogP contribution >= 0.6 is 0 Å². The first-order valence-electron chi connectivity index (χ1n) is 8.24. The number of amides is 1. The van der Waals surface area contributed by atoms with Gasteiger partial charge in [-0.15, -0.1) is 0 Å². The number of carbonyl (C=O) groups excluding carboxylic acids is 1. The molecule has 1 amide bonds. The smallest absolute Gasteiger partial charge is 0.308 e. The number of aryl methyl sites for hydroxylation is 2. The Morgan fingerprint density at radius 2 is 2.00 bits per heavy atom. The minimum Gasteiger partial charge on any atom is -0.481 e. The number of nitrogens with one attached hydrogen (secondary N) is 1. The summed E-state index contributed by atoms with van der Waals surface area (Å²) in [6, 6.07) is 1.33. The largest absolute Gasteiger partial charge is 0.481 e. The maximum absolute atomic E-state index is 12.8. The van der Waals surface area contributed by atoms with Crippen molar-refractivity contribution in [2.45, 2.75) is 52.0 Å². The Bertz CT molecular complexity index is 783. The fraction of sp³-hybridized carbons (Fsp3) is 0.529. The van der Waals surface area contributed by atoms with E-state index in [1.165, 1.54) is 0 Å². The van der Waals surface area contributed by atoms with E-state index in [1.54, 1.807) is 19.9 Å².